The molecule has 5 nitrogen and oxygen atoms in total. The predicted molar refractivity (Wildman–Crippen MR) is 87.8 cm³/mol. The molecule has 0 aliphatic carbocycles. The Labute approximate surface area is 136 Å². The van der Waals surface area contributed by atoms with E-state index in [1.807, 2.05) is 24.3 Å². The maximum absolute atomic E-state index is 11.8. The van der Waals surface area contributed by atoms with Gasteiger partial charge in [-0.2, -0.15) is 0 Å². The molecule has 2 N–H and O–H groups in total. The van der Waals surface area contributed by atoms with Gasteiger partial charge in [0, 0.05) is 29.7 Å². The van der Waals surface area contributed by atoms with Crippen LogP contribution in [-0.2, 0) is 11.3 Å². The molecule has 0 aliphatic rings. The standard InChI is InChI=1S/C16H15BrN2O3/c1-11(20)22-15-4-2-3-14(9-15)19-16(21)18-10-12-5-7-13(17)8-6-12/h2-9H,10H2,1H3,(H2,18,19,21). The Balaban J connectivity index is 1.89. The summed E-state index contributed by atoms with van der Waals surface area (Å²) >= 11 is 3.36. The number of hydrogen-bond donors (Lipinski definition) is 2. The first-order valence-electron chi connectivity index (χ1n) is 6.61. The average Bonchev–Trinajstić information content (AvgIpc) is 2.46. The van der Waals surface area contributed by atoms with E-state index in [0.29, 0.717) is 18.0 Å². The van der Waals surface area contributed by atoms with E-state index in [1.54, 1.807) is 24.3 Å². The highest BCUT2D eigenvalue weighted by molar-refractivity contribution is 9.10. The van der Waals surface area contributed by atoms with Crippen molar-refractivity contribution in [3.63, 3.8) is 0 Å². The Morgan fingerprint density at radius 2 is 1.86 bits per heavy atom. The molecule has 0 aliphatic heterocycles. The third-order valence-electron chi connectivity index (χ3n) is 2.72. The highest BCUT2D eigenvalue weighted by Crippen LogP contribution is 2.17. The van der Waals surface area contributed by atoms with Crippen LogP contribution in [0.25, 0.3) is 0 Å². The van der Waals surface area contributed by atoms with Crippen molar-refractivity contribution in [2.24, 2.45) is 0 Å². The summed E-state index contributed by atoms with van der Waals surface area (Å²) < 4.78 is 5.95. The number of rotatable bonds is 4. The Hall–Kier alpha value is -2.34. The van der Waals surface area contributed by atoms with E-state index in [9.17, 15) is 9.59 Å². The van der Waals surface area contributed by atoms with Crippen LogP contribution < -0.4 is 15.4 Å². The zero-order valence-electron chi connectivity index (χ0n) is 11.9. The van der Waals surface area contributed by atoms with E-state index in [2.05, 4.69) is 26.6 Å². The smallest absolute Gasteiger partial charge is 0.319 e. The largest absolute Gasteiger partial charge is 0.427 e. The first kappa shape index (κ1) is 16.0. The van der Waals surface area contributed by atoms with Crippen molar-refractivity contribution >= 4 is 33.6 Å². The first-order valence-corrected chi connectivity index (χ1v) is 7.40. The molecule has 114 valence electrons. The van der Waals surface area contributed by atoms with Crippen molar-refractivity contribution < 1.29 is 14.3 Å². The van der Waals surface area contributed by atoms with Gasteiger partial charge in [0.2, 0.25) is 0 Å². The summed E-state index contributed by atoms with van der Waals surface area (Å²) in [5.41, 5.74) is 1.54. The summed E-state index contributed by atoms with van der Waals surface area (Å²) in [4.78, 5) is 22.8. The van der Waals surface area contributed by atoms with Crippen LogP contribution in [0.3, 0.4) is 0 Å². The lowest BCUT2D eigenvalue weighted by Crippen LogP contribution is -2.28. The van der Waals surface area contributed by atoms with Crippen LogP contribution in [0.5, 0.6) is 5.75 Å². The molecule has 0 heterocycles. The molecular formula is C16H15BrN2O3. The van der Waals surface area contributed by atoms with E-state index in [4.69, 9.17) is 4.74 Å². The summed E-state index contributed by atoms with van der Waals surface area (Å²) in [5.74, 6) is -0.0185. The molecule has 0 fully saturated rings. The van der Waals surface area contributed by atoms with E-state index in [1.165, 1.54) is 6.92 Å². The SMILES string of the molecule is CC(=O)Oc1cccc(NC(=O)NCc2ccc(Br)cc2)c1. The van der Waals surface area contributed by atoms with Gasteiger partial charge in [0.25, 0.3) is 0 Å². The van der Waals surface area contributed by atoms with Gasteiger partial charge in [0.15, 0.2) is 0 Å². The van der Waals surface area contributed by atoms with Gasteiger partial charge in [0.1, 0.15) is 5.75 Å². The molecule has 0 spiro atoms. The molecule has 2 aromatic rings. The predicted octanol–water partition coefficient (Wildman–Crippen LogP) is 3.70. The van der Waals surface area contributed by atoms with Gasteiger partial charge in [-0.15, -0.1) is 0 Å². The quantitative estimate of drug-likeness (QED) is 0.643. The van der Waals surface area contributed by atoms with Crippen molar-refractivity contribution in [2.75, 3.05) is 5.32 Å². The molecule has 0 aromatic heterocycles. The number of halogens is 1. The van der Waals surface area contributed by atoms with Gasteiger partial charge >= 0.3 is 12.0 Å². The summed E-state index contributed by atoms with van der Waals surface area (Å²) in [5, 5.41) is 5.44. The van der Waals surface area contributed by atoms with Gasteiger partial charge in [-0.25, -0.2) is 4.79 Å². The van der Waals surface area contributed by atoms with Crippen LogP contribution >= 0.6 is 15.9 Å². The van der Waals surface area contributed by atoms with E-state index >= 15 is 0 Å². The summed E-state index contributed by atoms with van der Waals surface area (Å²) in [6.45, 7) is 1.74. The van der Waals surface area contributed by atoms with Crippen LogP contribution in [0.15, 0.2) is 53.0 Å². The molecule has 2 amide bonds. The second-order valence-corrected chi connectivity index (χ2v) is 5.47. The number of amides is 2. The zero-order chi connectivity index (χ0) is 15.9. The molecule has 2 aromatic carbocycles. The maximum atomic E-state index is 11.8. The number of carbonyl (C=O) groups excluding carboxylic acids is 2. The summed E-state index contributed by atoms with van der Waals surface area (Å²) in [6.07, 6.45) is 0. The Bertz CT molecular complexity index is 671. The lowest BCUT2D eigenvalue weighted by atomic mass is 10.2. The molecule has 0 saturated heterocycles. The second kappa shape index (κ2) is 7.61. The van der Waals surface area contributed by atoms with E-state index < -0.39 is 5.97 Å². The van der Waals surface area contributed by atoms with Crippen LogP contribution in [-0.4, -0.2) is 12.0 Å². The molecule has 2 rings (SSSR count). The van der Waals surface area contributed by atoms with Crippen molar-refractivity contribution in [3.05, 3.63) is 58.6 Å². The van der Waals surface area contributed by atoms with Crippen LogP contribution in [0.1, 0.15) is 12.5 Å². The van der Waals surface area contributed by atoms with Gasteiger partial charge in [0.05, 0.1) is 0 Å². The third kappa shape index (κ3) is 5.21. The third-order valence-corrected chi connectivity index (χ3v) is 3.25. The number of hydrogen-bond acceptors (Lipinski definition) is 3. The van der Waals surface area contributed by atoms with E-state index in [-0.39, 0.29) is 6.03 Å². The number of nitrogens with one attached hydrogen (secondary N) is 2. The highest BCUT2D eigenvalue weighted by Gasteiger charge is 2.04. The van der Waals surface area contributed by atoms with Gasteiger partial charge in [-0.1, -0.05) is 34.1 Å². The van der Waals surface area contributed by atoms with Crippen molar-refractivity contribution in [2.45, 2.75) is 13.5 Å². The van der Waals surface area contributed by atoms with Crippen molar-refractivity contribution in [1.82, 2.24) is 5.32 Å². The highest BCUT2D eigenvalue weighted by atomic mass is 79.9. The lowest BCUT2D eigenvalue weighted by molar-refractivity contribution is -0.131. The average molecular weight is 363 g/mol. The summed E-state index contributed by atoms with van der Waals surface area (Å²) in [6, 6.07) is 14.0. The second-order valence-electron chi connectivity index (χ2n) is 4.56. The fourth-order valence-electron chi connectivity index (χ4n) is 1.76. The molecule has 0 bridgehead atoms. The van der Waals surface area contributed by atoms with Gasteiger partial charge in [-0.3, -0.25) is 4.79 Å². The van der Waals surface area contributed by atoms with Crippen LogP contribution in [0, 0.1) is 0 Å². The Morgan fingerprint density at radius 3 is 2.55 bits per heavy atom. The number of esters is 1. The molecule has 0 atom stereocenters. The fourth-order valence-corrected chi connectivity index (χ4v) is 2.03. The topological polar surface area (TPSA) is 67.4 Å². The minimum atomic E-state index is -0.406. The molecule has 22 heavy (non-hydrogen) atoms. The van der Waals surface area contributed by atoms with E-state index in [0.717, 1.165) is 10.0 Å². The van der Waals surface area contributed by atoms with Crippen molar-refractivity contribution in [3.8, 4) is 5.75 Å². The normalized spacial score (nSPS) is 9.91. The maximum Gasteiger partial charge on any atom is 0.319 e. The molecule has 0 saturated carbocycles. The molecule has 0 radical (unpaired) electrons. The number of carbonyl (C=O) groups is 2. The Morgan fingerprint density at radius 1 is 1.14 bits per heavy atom. The van der Waals surface area contributed by atoms with Crippen LogP contribution in [0.4, 0.5) is 10.5 Å². The minimum Gasteiger partial charge on any atom is -0.427 e. The first-order chi connectivity index (χ1) is 10.5. The number of benzene rings is 2. The van der Waals surface area contributed by atoms with Crippen LogP contribution in [0.2, 0.25) is 0 Å². The number of ether oxygens (including phenoxy) is 1. The molecule has 0 unspecified atom stereocenters. The fraction of sp³-hybridized carbons (Fsp3) is 0.125. The molecular weight excluding hydrogens is 348 g/mol. The van der Waals surface area contributed by atoms with Gasteiger partial charge < -0.3 is 15.4 Å². The zero-order valence-corrected chi connectivity index (χ0v) is 13.5. The molecule has 6 heteroatoms. The lowest BCUT2D eigenvalue weighted by Gasteiger charge is -2.09. The number of anilines is 1. The monoisotopic (exact) mass is 362 g/mol. The minimum absolute atomic E-state index is 0.331. The van der Waals surface area contributed by atoms with Crippen molar-refractivity contribution in [1.29, 1.82) is 0 Å². The number of urea groups is 1. The summed E-state index contributed by atoms with van der Waals surface area (Å²) in [7, 11) is 0. The Kier molecular flexibility index (Phi) is 5.55. The van der Waals surface area contributed by atoms with Gasteiger partial charge in [-0.05, 0) is 29.8 Å².